The molecule has 0 spiro atoms. The standard InChI is InChI=1S/C14H14N2O4/c1-20-12-7-8(15)5-6-9(12)16-14(19)13-10(17)3-2-4-11(13)18/h2-7,17-18H,15H2,1H3,(H,16,19). The summed E-state index contributed by atoms with van der Waals surface area (Å²) in [5, 5.41) is 21.8. The van der Waals surface area contributed by atoms with Gasteiger partial charge in [-0.25, -0.2) is 0 Å². The molecule has 6 heteroatoms. The van der Waals surface area contributed by atoms with Crippen molar-refractivity contribution in [2.24, 2.45) is 0 Å². The van der Waals surface area contributed by atoms with Crippen LogP contribution in [0.2, 0.25) is 0 Å². The predicted molar refractivity (Wildman–Crippen MR) is 75.1 cm³/mol. The highest BCUT2D eigenvalue weighted by atomic mass is 16.5. The summed E-state index contributed by atoms with van der Waals surface area (Å²) in [6.07, 6.45) is 0. The van der Waals surface area contributed by atoms with E-state index in [1.807, 2.05) is 0 Å². The Hall–Kier alpha value is -2.89. The fourth-order valence-corrected chi connectivity index (χ4v) is 1.76. The molecule has 0 unspecified atom stereocenters. The maximum absolute atomic E-state index is 12.1. The van der Waals surface area contributed by atoms with Gasteiger partial charge in [0.15, 0.2) is 0 Å². The summed E-state index contributed by atoms with van der Waals surface area (Å²) in [6.45, 7) is 0. The molecule has 5 N–H and O–H groups in total. The van der Waals surface area contributed by atoms with Gasteiger partial charge in [-0.05, 0) is 24.3 Å². The second-order valence-corrected chi connectivity index (χ2v) is 4.09. The zero-order chi connectivity index (χ0) is 14.7. The normalized spacial score (nSPS) is 10.1. The molecule has 6 nitrogen and oxygen atoms in total. The third-order valence-electron chi connectivity index (χ3n) is 2.72. The van der Waals surface area contributed by atoms with Crippen LogP contribution in [0.5, 0.6) is 17.2 Å². The van der Waals surface area contributed by atoms with Crippen molar-refractivity contribution in [3.05, 3.63) is 42.0 Å². The van der Waals surface area contributed by atoms with Crippen LogP contribution in [0.1, 0.15) is 10.4 Å². The van der Waals surface area contributed by atoms with Crippen molar-refractivity contribution in [2.75, 3.05) is 18.2 Å². The molecule has 0 radical (unpaired) electrons. The number of amides is 1. The molecule has 0 aliphatic heterocycles. The van der Waals surface area contributed by atoms with Crippen LogP contribution in [-0.2, 0) is 0 Å². The van der Waals surface area contributed by atoms with E-state index in [1.165, 1.54) is 25.3 Å². The predicted octanol–water partition coefficient (Wildman–Crippen LogP) is 1.94. The lowest BCUT2D eigenvalue weighted by Gasteiger charge is -2.12. The molecule has 0 heterocycles. The maximum Gasteiger partial charge on any atom is 0.263 e. The van der Waals surface area contributed by atoms with Crippen molar-refractivity contribution < 1.29 is 19.7 Å². The van der Waals surface area contributed by atoms with Gasteiger partial charge in [0.2, 0.25) is 0 Å². The Morgan fingerprint density at radius 1 is 1.20 bits per heavy atom. The zero-order valence-corrected chi connectivity index (χ0v) is 10.8. The number of nitrogen functional groups attached to an aromatic ring is 1. The van der Waals surface area contributed by atoms with Gasteiger partial charge in [-0.15, -0.1) is 0 Å². The van der Waals surface area contributed by atoms with E-state index >= 15 is 0 Å². The number of carbonyl (C=O) groups is 1. The fraction of sp³-hybridized carbons (Fsp3) is 0.0714. The second kappa shape index (κ2) is 5.40. The van der Waals surface area contributed by atoms with Crippen LogP contribution in [0.25, 0.3) is 0 Å². The van der Waals surface area contributed by atoms with Crippen LogP contribution < -0.4 is 15.8 Å². The van der Waals surface area contributed by atoms with E-state index in [1.54, 1.807) is 18.2 Å². The third-order valence-corrected chi connectivity index (χ3v) is 2.72. The number of hydrogen-bond acceptors (Lipinski definition) is 5. The van der Waals surface area contributed by atoms with Gasteiger partial charge in [0.05, 0.1) is 12.8 Å². The van der Waals surface area contributed by atoms with Crippen LogP contribution in [-0.4, -0.2) is 23.2 Å². The van der Waals surface area contributed by atoms with E-state index in [9.17, 15) is 15.0 Å². The first-order chi connectivity index (χ1) is 9.52. The monoisotopic (exact) mass is 274 g/mol. The van der Waals surface area contributed by atoms with E-state index in [0.29, 0.717) is 17.1 Å². The quantitative estimate of drug-likeness (QED) is 0.640. The molecular formula is C14H14N2O4. The lowest BCUT2D eigenvalue weighted by Crippen LogP contribution is -2.13. The molecule has 0 fully saturated rings. The first-order valence-corrected chi connectivity index (χ1v) is 5.78. The molecule has 104 valence electrons. The molecule has 2 aromatic rings. The largest absolute Gasteiger partial charge is 0.507 e. The van der Waals surface area contributed by atoms with Gasteiger partial charge in [0, 0.05) is 11.8 Å². The Morgan fingerprint density at radius 3 is 2.45 bits per heavy atom. The topological polar surface area (TPSA) is 105 Å². The highest BCUT2D eigenvalue weighted by molar-refractivity contribution is 6.08. The van der Waals surface area contributed by atoms with Crippen LogP contribution in [0, 0.1) is 0 Å². The Morgan fingerprint density at radius 2 is 1.85 bits per heavy atom. The Bertz CT molecular complexity index is 635. The number of hydrogen-bond donors (Lipinski definition) is 4. The number of rotatable bonds is 3. The van der Waals surface area contributed by atoms with Gasteiger partial charge >= 0.3 is 0 Å². The summed E-state index contributed by atoms with van der Waals surface area (Å²) < 4.78 is 5.10. The molecule has 0 aliphatic carbocycles. The van der Waals surface area contributed by atoms with Gasteiger partial charge in [-0.2, -0.15) is 0 Å². The number of nitrogens with one attached hydrogen (secondary N) is 1. The summed E-state index contributed by atoms with van der Waals surface area (Å²) in [5.41, 5.74) is 6.29. The third kappa shape index (κ3) is 2.59. The highest BCUT2D eigenvalue weighted by Crippen LogP contribution is 2.30. The van der Waals surface area contributed by atoms with Crippen LogP contribution in [0.4, 0.5) is 11.4 Å². The van der Waals surface area contributed by atoms with Crippen molar-refractivity contribution >= 4 is 17.3 Å². The number of anilines is 2. The van der Waals surface area contributed by atoms with E-state index in [2.05, 4.69) is 5.32 Å². The Kier molecular flexibility index (Phi) is 3.65. The Labute approximate surface area is 115 Å². The first-order valence-electron chi connectivity index (χ1n) is 5.78. The first kappa shape index (κ1) is 13.5. The Balaban J connectivity index is 2.33. The molecule has 0 bridgehead atoms. The number of phenols is 2. The molecule has 2 rings (SSSR count). The number of aromatic hydroxyl groups is 2. The molecule has 0 atom stereocenters. The van der Waals surface area contributed by atoms with E-state index in [-0.39, 0.29) is 17.1 Å². The molecule has 2 aromatic carbocycles. The minimum absolute atomic E-state index is 0.202. The van der Waals surface area contributed by atoms with Crippen LogP contribution in [0.15, 0.2) is 36.4 Å². The average Bonchev–Trinajstić information content (AvgIpc) is 2.40. The summed E-state index contributed by atoms with van der Waals surface area (Å²) in [7, 11) is 1.45. The minimum Gasteiger partial charge on any atom is -0.507 e. The number of carbonyl (C=O) groups excluding carboxylic acids is 1. The summed E-state index contributed by atoms with van der Waals surface area (Å²) >= 11 is 0. The van der Waals surface area contributed by atoms with Crippen LogP contribution >= 0.6 is 0 Å². The van der Waals surface area contributed by atoms with Crippen molar-refractivity contribution in [3.8, 4) is 17.2 Å². The van der Waals surface area contributed by atoms with E-state index in [4.69, 9.17) is 10.5 Å². The second-order valence-electron chi connectivity index (χ2n) is 4.09. The number of methoxy groups -OCH3 is 1. The molecule has 0 saturated carbocycles. The lowest BCUT2D eigenvalue weighted by atomic mass is 10.1. The smallest absolute Gasteiger partial charge is 0.263 e. The summed E-state index contributed by atoms with van der Waals surface area (Å²) in [4.78, 5) is 12.1. The number of phenolic OH excluding ortho intramolecular Hbond substituents is 2. The molecule has 0 aliphatic rings. The number of nitrogens with two attached hydrogens (primary N) is 1. The molecule has 0 saturated heterocycles. The summed E-state index contributed by atoms with van der Waals surface area (Å²) in [5.74, 6) is -0.884. The van der Waals surface area contributed by atoms with Crippen molar-refractivity contribution in [1.29, 1.82) is 0 Å². The number of ether oxygens (including phenoxy) is 1. The highest BCUT2D eigenvalue weighted by Gasteiger charge is 2.17. The van der Waals surface area contributed by atoms with Gasteiger partial charge in [-0.3, -0.25) is 4.79 Å². The molecular weight excluding hydrogens is 260 g/mol. The van der Waals surface area contributed by atoms with E-state index < -0.39 is 5.91 Å². The maximum atomic E-state index is 12.1. The molecule has 1 amide bonds. The van der Waals surface area contributed by atoms with Gasteiger partial charge in [-0.1, -0.05) is 6.07 Å². The minimum atomic E-state index is -0.649. The zero-order valence-electron chi connectivity index (χ0n) is 10.8. The van der Waals surface area contributed by atoms with Crippen molar-refractivity contribution in [1.82, 2.24) is 0 Å². The van der Waals surface area contributed by atoms with Crippen molar-refractivity contribution in [2.45, 2.75) is 0 Å². The molecule has 20 heavy (non-hydrogen) atoms. The van der Waals surface area contributed by atoms with Crippen LogP contribution in [0.3, 0.4) is 0 Å². The van der Waals surface area contributed by atoms with Crippen molar-refractivity contribution in [3.63, 3.8) is 0 Å². The average molecular weight is 274 g/mol. The molecule has 0 aromatic heterocycles. The number of benzene rings is 2. The fourth-order valence-electron chi connectivity index (χ4n) is 1.76. The SMILES string of the molecule is COc1cc(N)ccc1NC(=O)c1c(O)cccc1O. The van der Waals surface area contributed by atoms with E-state index in [0.717, 1.165) is 0 Å². The lowest BCUT2D eigenvalue weighted by molar-refractivity contribution is 0.102. The van der Waals surface area contributed by atoms with Gasteiger partial charge in [0.1, 0.15) is 22.8 Å². The summed E-state index contributed by atoms with van der Waals surface area (Å²) in [6, 6.07) is 8.79. The van der Waals surface area contributed by atoms with Gasteiger partial charge in [0.25, 0.3) is 5.91 Å². The van der Waals surface area contributed by atoms with Gasteiger partial charge < -0.3 is 26.0 Å².